The summed E-state index contributed by atoms with van der Waals surface area (Å²) < 4.78 is 22.6. The second kappa shape index (κ2) is 27.3. The van der Waals surface area contributed by atoms with Gasteiger partial charge in [0.25, 0.3) is 0 Å². The molecule has 0 aliphatic carbocycles. The van der Waals surface area contributed by atoms with Crippen molar-refractivity contribution in [1.29, 1.82) is 0 Å². The predicted molar refractivity (Wildman–Crippen MR) is 169 cm³/mol. The zero-order chi connectivity index (χ0) is 31.5. The van der Waals surface area contributed by atoms with Crippen LogP contribution in [0.25, 0.3) is 0 Å². The Hall–Kier alpha value is -1.07. The Morgan fingerprint density at radius 1 is 0.721 bits per heavy atom. The minimum atomic E-state index is -1.53. The number of hydrogen-bond donors (Lipinski definition) is 4. The molecule has 6 atom stereocenters. The molecule has 9 nitrogen and oxygen atoms in total. The maximum atomic E-state index is 12.6. The number of carbonyl (C=O) groups excluding carboxylic acids is 1. The van der Waals surface area contributed by atoms with Gasteiger partial charge in [-0.1, -0.05) is 109 Å². The van der Waals surface area contributed by atoms with Gasteiger partial charge in [-0.15, -0.1) is 0 Å². The van der Waals surface area contributed by atoms with E-state index >= 15 is 0 Å². The minimum absolute atomic E-state index is 0.113. The van der Waals surface area contributed by atoms with Gasteiger partial charge in [0.05, 0.1) is 19.8 Å². The summed E-state index contributed by atoms with van der Waals surface area (Å²) in [6.45, 7) is 4.46. The van der Waals surface area contributed by atoms with E-state index < -0.39 is 43.4 Å². The Morgan fingerprint density at radius 3 is 1.98 bits per heavy atom. The van der Waals surface area contributed by atoms with Crippen LogP contribution in [0.1, 0.15) is 136 Å². The van der Waals surface area contributed by atoms with Crippen molar-refractivity contribution in [2.75, 3.05) is 26.4 Å². The Bertz CT molecular complexity index is 672. The van der Waals surface area contributed by atoms with Crippen LogP contribution in [-0.4, -0.2) is 89.6 Å². The molecule has 0 saturated carbocycles. The van der Waals surface area contributed by atoms with Crippen molar-refractivity contribution in [1.82, 2.24) is 0 Å². The fourth-order valence-electron chi connectivity index (χ4n) is 5.14. The number of esters is 1. The summed E-state index contributed by atoms with van der Waals surface area (Å²) in [4.78, 5) is 12.6. The molecule has 254 valence electrons. The van der Waals surface area contributed by atoms with Gasteiger partial charge >= 0.3 is 5.97 Å². The zero-order valence-corrected chi connectivity index (χ0v) is 27.2. The van der Waals surface area contributed by atoms with Crippen molar-refractivity contribution in [2.45, 2.75) is 173 Å². The molecule has 0 aromatic carbocycles. The largest absolute Gasteiger partial charge is 0.457 e. The van der Waals surface area contributed by atoms with Crippen LogP contribution in [0.5, 0.6) is 0 Å². The number of unbranched alkanes of at least 4 members (excludes halogenated alkanes) is 15. The van der Waals surface area contributed by atoms with Crippen LogP contribution in [-0.2, 0) is 23.7 Å². The van der Waals surface area contributed by atoms with Gasteiger partial charge in [0.2, 0.25) is 0 Å². The first-order valence-corrected chi connectivity index (χ1v) is 17.3. The molecule has 1 heterocycles. The smallest absolute Gasteiger partial charge is 0.306 e. The first-order chi connectivity index (χ1) is 20.9. The number of aliphatic hydroxyl groups excluding tert-OH is 4. The van der Waals surface area contributed by atoms with Gasteiger partial charge in [-0.3, -0.25) is 4.79 Å². The first-order valence-electron chi connectivity index (χ1n) is 17.3. The SMILES string of the molecule is CCC/C=C\CCCCCCCC(=O)OC(COCCCCCCCCCCCC)COC1OC(CO)C(O)C(O)C1O. The Kier molecular flexibility index (Phi) is 25.3. The lowest BCUT2D eigenvalue weighted by Gasteiger charge is -2.39. The molecular formula is C34H64O9. The normalized spacial score (nSPS) is 23.2. The molecule has 0 bridgehead atoms. The predicted octanol–water partition coefficient (Wildman–Crippen LogP) is 5.74. The Balaban J connectivity index is 2.39. The third-order valence-electron chi connectivity index (χ3n) is 7.91. The molecular weight excluding hydrogens is 552 g/mol. The molecule has 4 N–H and O–H groups in total. The molecule has 0 aromatic heterocycles. The summed E-state index contributed by atoms with van der Waals surface area (Å²) in [5, 5.41) is 39.8. The highest BCUT2D eigenvalue weighted by atomic mass is 16.7. The summed E-state index contributed by atoms with van der Waals surface area (Å²) in [5.74, 6) is -0.326. The summed E-state index contributed by atoms with van der Waals surface area (Å²) in [7, 11) is 0. The number of hydrogen-bond acceptors (Lipinski definition) is 9. The standard InChI is InChI=1S/C34H64O9/c1-3-5-7-9-11-13-15-17-19-21-23-30(36)42-28(26-40-24-22-20-18-16-14-12-10-8-6-4-2)27-41-34-33(39)32(38)31(37)29(25-35)43-34/h7,9,28-29,31-35,37-39H,3-6,8,10-27H2,1-2H3/b9-7-. The van der Waals surface area contributed by atoms with E-state index in [-0.39, 0.29) is 19.2 Å². The summed E-state index contributed by atoms with van der Waals surface area (Å²) in [5.41, 5.74) is 0. The Morgan fingerprint density at radius 2 is 1.33 bits per heavy atom. The van der Waals surface area contributed by atoms with E-state index in [0.717, 1.165) is 51.4 Å². The summed E-state index contributed by atoms with van der Waals surface area (Å²) >= 11 is 0. The molecule has 0 amide bonds. The molecule has 1 saturated heterocycles. The fraction of sp³-hybridized carbons (Fsp3) is 0.912. The van der Waals surface area contributed by atoms with Crippen LogP contribution in [0, 0.1) is 0 Å². The molecule has 1 aliphatic rings. The van der Waals surface area contributed by atoms with Crippen molar-refractivity contribution in [3.8, 4) is 0 Å². The minimum Gasteiger partial charge on any atom is -0.457 e. The maximum Gasteiger partial charge on any atom is 0.306 e. The van der Waals surface area contributed by atoms with Crippen molar-refractivity contribution >= 4 is 5.97 Å². The molecule has 43 heavy (non-hydrogen) atoms. The second-order valence-electron chi connectivity index (χ2n) is 12.0. The van der Waals surface area contributed by atoms with Crippen LogP contribution < -0.4 is 0 Å². The van der Waals surface area contributed by atoms with E-state index in [1.165, 1.54) is 64.2 Å². The van der Waals surface area contributed by atoms with Gasteiger partial charge in [0.15, 0.2) is 6.29 Å². The highest BCUT2D eigenvalue weighted by molar-refractivity contribution is 5.69. The Labute approximate surface area is 261 Å². The van der Waals surface area contributed by atoms with E-state index in [4.69, 9.17) is 18.9 Å². The van der Waals surface area contributed by atoms with E-state index in [2.05, 4.69) is 26.0 Å². The zero-order valence-electron chi connectivity index (χ0n) is 27.2. The molecule has 0 aromatic rings. The van der Waals surface area contributed by atoms with Gasteiger partial charge < -0.3 is 39.4 Å². The van der Waals surface area contributed by atoms with Crippen molar-refractivity contribution in [2.24, 2.45) is 0 Å². The van der Waals surface area contributed by atoms with Gasteiger partial charge in [0.1, 0.15) is 30.5 Å². The summed E-state index contributed by atoms with van der Waals surface area (Å²) in [6.07, 6.45) is 18.1. The van der Waals surface area contributed by atoms with Crippen molar-refractivity contribution in [3.05, 3.63) is 12.2 Å². The molecule has 9 heteroatoms. The fourth-order valence-corrected chi connectivity index (χ4v) is 5.14. The monoisotopic (exact) mass is 616 g/mol. The molecule has 0 spiro atoms. The third-order valence-corrected chi connectivity index (χ3v) is 7.91. The van der Waals surface area contributed by atoms with E-state index in [1.807, 2.05) is 0 Å². The number of ether oxygens (including phenoxy) is 4. The molecule has 1 rings (SSSR count). The first kappa shape index (κ1) is 40.0. The third kappa shape index (κ3) is 19.8. The molecule has 1 aliphatic heterocycles. The average molecular weight is 617 g/mol. The van der Waals surface area contributed by atoms with Crippen molar-refractivity contribution < 1.29 is 44.2 Å². The van der Waals surface area contributed by atoms with Crippen LogP contribution in [0.15, 0.2) is 12.2 Å². The van der Waals surface area contributed by atoms with Gasteiger partial charge in [0, 0.05) is 13.0 Å². The van der Waals surface area contributed by atoms with Crippen LogP contribution in [0.2, 0.25) is 0 Å². The second-order valence-corrected chi connectivity index (χ2v) is 12.0. The number of rotatable bonds is 28. The lowest BCUT2D eigenvalue weighted by molar-refractivity contribution is -0.305. The number of allylic oxidation sites excluding steroid dienone is 2. The van der Waals surface area contributed by atoms with Crippen molar-refractivity contribution in [3.63, 3.8) is 0 Å². The quantitative estimate of drug-likeness (QED) is 0.0493. The van der Waals surface area contributed by atoms with E-state index in [9.17, 15) is 25.2 Å². The maximum absolute atomic E-state index is 12.6. The van der Waals surface area contributed by atoms with Gasteiger partial charge in [-0.05, 0) is 32.1 Å². The van der Waals surface area contributed by atoms with Crippen LogP contribution >= 0.6 is 0 Å². The highest BCUT2D eigenvalue weighted by Crippen LogP contribution is 2.22. The van der Waals surface area contributed by atoms with Gasteiger partial charge in [-0.25, -0.2) is 0 Å². The summed E-state index contributed by atoms with van der Waals surface area (Å²) in [6, 6.07) is 0. The number of aliphatic hydroxyl groups is 4. The van der Waals surface area contributed by atoms with Gasteiger partial charge in [-0.2, -0.15) is 0 Å². The molecule has 0 radical (unpaired) electrons. The highest BCUT2D eigenvalue weighted by Gasteiger charge is 2.44. The topological polar surface area (TPSA) is 135 Å². The lowest BCUT2D eigenvalue weighted by atomic mass is 9.99. The van der Waals surface area contributed by atoms with E-state index in [1.54, 1.807) is 0 Å². The average Bonchev–Trinajstić information content (AvgIpc) is 3.00. The lowest BCUT2D eigenvalue weighted by Crippen LogP contribution is -2.59. The molecule has 1 fully saturated rings. The number of carbonyl (C=O) groups is 1. The van der Waals surface area contributed by atoms with E-state index in [0.29, 0.717) is 13.0 Å². The molecule has 6 unspecified atom stereocenters. The van der Waals surface area contributed by atoms with Crippen LogP contribution in [0.3, 0.4) is 0 Å². The van der Waals surface area contributed by atoms with Crippen LogP contribution in [0.4, 0.5) is 0 Å².